The molecule has 1 aromatic carbocycles. The van der Waals surface area contributed by atoms with Crippen LogP contribution in [0.5, 0.6) is 5.75 Å². The van der Waals surface area contributed by atoms with E-state index >= 15 is 0 Å². The highest BCUT2D eigenvalue weighted by Crippen LogP contribution is 2.21. The summed E-state index contributed by atoms with van der Waals surface area (Å²) in [5.74, 6) is -0.0309. The van der Waals surface area contributed by atoms with Gasteiger partial charge in [0.05, 0.1) is 7.11 Å². The fourth-order valence-electron chi connectivity index (χ4n) is 1.06. The summed E-state index contributed by atoms with van der Waals surface area (Å²) in [6.45, 7) is 0. The third-order valence-electron chi connectivity index (χ3n) is 1.73. The molecule has 74 valence electrons. The number of nitriles is 2. The Kier molecular flexibility index (Phi) is 3.43. The van der Waals surface area contributed by atoms with Gasteiger partial charge in [0.15, 0.2) is 0 Å². The van der Waals surface area contributed by atoms with Gasteiger partial charge >= 0.3 is 0 Å². The molecule has 15 heavy (non-hydrogen) atoms. The van der Waals surface area contributed by atoms with Gasteiger partial charge in [0.25, 0.3) is 0 Å². The van der Waals surface area contributed by atoms with E-state index in [4.69, 9.17) is 15.3 Å². The van der Waals surface area contributed by atoms with E-state index in [0.29, 0.717) is 11.3 Å². The van der Waals surface area contributed by atoms with Crippen LogP contribution in [-0.2, 0) is 0 Å². The van der Waals surface area contributed by atoms with Gasteiger partial charge in [-0.1, -0.05) is 0 Å². The molecule has 0 aliphatic heterocycles. The second-order valence-electron chi connectivity index (χ2n) is 2.67. The van der Waals surface area contributed by atoms with E-state index in [9.17, 15) is 4.39 Å². The number of hydrogen-bond acceptors (Lipinski definition) is 3. The van der Waals surface area contributed by atoms with Crippen LogP contribution in [0, 0.1) is 28.5 Å². The Morgan fingerprint density at radius 2 is 2.07 bits per heavy atom. The Labute approximate surface area is 86.6 Å². The van der Waals surface area contributed by atoms with Crippen molar-refractivity contribution in [2.75, 3.05) is 7.11 Å². The minimum atomic E-state index is -0.447. The lowest BCUT2D eigenvalue weighted by molar-refractivity contribution is 0.412. The lowest BCUT2D eigenvalue weighted by Crippen LogP contribution is -1.88. The summed E-state index contributed by atoms with van der Waals surface area (Å²) in [7, 11) is 1.43. The average Bonchev–Trinajstić information content (AvgIpc) is 2.26. The molecule has 0 bridgehead atoms. The molecule has 1 aromatic rings. The van der Waals surface area contributed by atoms with Gasteiger partial charge < -0.3 is 4.74 Å². The molecule has 0 saturated carbocycles. The van der Waals surface area contributed by atoms with Crippen LogP contribution in [0.25, 0.3) is 6.08 Å². The molecule has 0 spiro atoms. The lowest BCUT2D eigenvalue weighted by Gasteiger charge is -2.03. The molecule has 0 saturated heterocycles. The average molecular weight is 202 g/mol. The Hall–Kier alpha value is -2.33. The van der Waals surface area contributed by atoms with Crippen molar-refractivity contribution in [3.8, 4) is 17.9 Å². The predicted octanol–water partition coefficient (Wildman–Crippen LogP) is 2.26. The van der Waals surface area contributed by atoms with E-state index in [2.05, 4.69) is 0 Å². The summed E-state index contributed by atoms with van der Waals surface area (Å²) >= 11 is 0. The van der Waals surface area contributed by atoms with Crippen molar-refractivity contribution in [2.45, 2.75) is 0 Å². The molecule has 0 fully saturated rings. The molecule has 1 rings (SSSR count). The Bertz CT molecular complexity index is 464. The van der Waals surface area contributed by atoms with Crippen molar-refractivity contribution in [3.05, 3.63) is 35.2 Å². The van der Waals surface area contributed by atoms with Crippen molar-refractivity contribution in [3.63, 3.8) is 0 Å². The summed E-state index contributed by atoms with van der Waals surface area (Å²) in [6, 6.07) is 7.27. The zero-order valence-electron chi connectivity index (χ0n) is 7.99. The summed E-state index contributed by atoms with van der Waals surface area (Å²) in [5, 5.41) is 17.1. The van der Waals surface area contributed by atoms with Crippen molar-refractivity contribution >= 4 is 6.08 Å². The van der Waals surface area contributed by atoms with Crippen LogP contribution >= 0.6 is 0 Å². The van der Waals surface area contributed by atoms with Crippen LogP contribution in [0.2, 0.25) is 0 Å². The summed E-state index contributed by atoms with van der Waals surface area (Å²) in [6.07, 6.45) is 1.28. The fourth-order valence-corrected chi connectivity index (χ4v) is 1.06. The minimum Gasteiger partial charge on any atom is -0.496 e. The fraction of sp³-hybridized carbons (Fsp3) is 0.0909. The molecule has 4 heteroatoms. The second kappa shape index (κ2) is 4.78. The van der Waals surface area contributed by atoms with E-state index in [1.165, 1.54) is 31.4 Å². The number of ether oxygens (including phenoxy) is 1. The highest BCUT2D eigenvalue weighted by molar-refractivity contribution is 5.66. The standard InChI is InChI=1S/C11H7FN2O/c1-15-11-3-2-10(12)5-9(11)4-8(6-13)7-14/h2-5H,1H3. The number of nitrogens with zero attached hydrogens (tertiary/aromatic N) is 2. The SMILES string of the molecule is COc1ccc(F)cc1C=C(C#N)C#N. The van der Waals surface area contributed by atoms with E-state index in [1.807, 2.05) is 0 Å². The van der Waals surface area contributed by atoms with Gasteiger partial charge in [-0.3, -0.25) is 0 Å². The number of hydrogen-bond donors (Lipinski definition) is 0. The number of halogens is 1. The van der Waals surface area contributed by atoms with E-state index in [-0.39, 0.29) is 5.57 Å². The molecule has 3 nitrogen and oxygen atoms in total. The highest BCUT2D eigenvalue weighted by Gasteiger charge is 2.03. The van der Waals surface area contributed by atoms with Gasteiger partial charge in [0.1, 0.15) is 29.3 Å². The first-order valence-corrected chi connectivity index (χ1v) is 4.06. The maximum atomic E-state index is 12.9. The number of allylic oxidation sites excluding steroid dienone is 1. The van der Waals surface area contributed by atoms with Crippen LogP contribution in [-0.4, -0.2) is 7.11 Å². The first-order valence-electron chi connectivity index (χ1n) is 4.06. The van der Waals surface area contributed by atoms with Crippen LogP contribution in [0.1, 0.15) is 5.56 Å². The molecular weight excluding hydrogens is 195 g/mol. The number of benzene rings is 1. The van der Waals surface area contributed by atoms with E-state index in [1.54, 1.807) is 12.1 Å². The van der Waals surface area contributed by atoms with Crippen molar-refractivity contribution in [1.82, 2.24) is 0 Å². The zero-order valence-corrected chi connectivity index (χ0v) is 7.99. The molecule has 0 radical (unpaired) electrons. The van der Waals surface area contributed by atoms with Gasteiger partial charge in [-0.05, 0) is 24.3 Å². The van der Waals surface area contributed by atoms with Crippen LogP contribution in [0.3, 0.4) is 0 Å². The normalized spacial score (nSPS) is 8.53. The van der Waals surface area contributed by atoms with Crippen LogP contribution in [0.15, 0.2) is 23.8 Å². The predicted molar refractivity (Wildman–Crippen MR) is 52.2 cm³/mol. The second-order valence-corrected chi connectivity index (χ2v) is 2.67. The lowest BCUT2D eigenvalue weighted by atomic mass is 10.1. The van der Waals surface area contributed by atoms with Gasteiger partial charge in [-0.2, -0.15) is 10.5 Å². The largest absolute Gasteiger partial charge is 0.496 e. The Morgan fingerprint density at radius 3 is 2.60 bits per heavy atom. The third-order valence-corrected chi connectivity index (χ3v) is 1.73. The molecular formula is C11H7FN2O. The molecule has 0 unspecified atom stereocenters. The van der Waals surface area contributed by atoms with Gasteiger partial charge in [-0.25, -0.2) is 4.39 Å². The molecule has 0 aromatic heterocycles. The quantitative estimate of drug-likeness (QED) is 0.691. The molecule has 0 heterocycles. The van der Waals surface area contributed by atoms with E-state index in [0.717, 1.165) is 0 Å². The smallest absolute Gasteiger partial charge is 0.130 e. The van der Waals surface area contributed by atoms with Crippen LogP contribution in [0.4, 0.5) is 4.39 Å². The first-order chi connectivity index (χ1) is 7.21. The topological polar surface area (TPSA) is 56.8 Å². The molecule has 0 atom stereocenters. The summed E-state index contributed by atoms with van der Waals surface area (Å²) in [4.78, 5) is 0. The molecule has 0 N–H and O–H groups in total. The molecule has 0 aliphatic carbocycles. The molecule has 0 amide bonds. The van der Waals surface area contributed by atoms with E-state index < -0.39 is 5.82 Å². The van der Waals surface area contributed by atoms with Gasteiger partial charge in [0.2, 0.25) is 0 Å². The monoisotopic (exact) mass is 202 g/mol. The number of rotatable bonds is 2. The van der Waals surface area contributed by atoms with Gasteiger partial charge in [-0.15, -0.1) is 0 Å². The molecule has 0 aliphatic rings. The highest BCUT2D eigenvalue weighted by atomic mass is 19.1. The Balaban J connectivity index is 3.26. The zero-order chi connectivity index (χ0) is 11.3. The maximum absolute atomic E-state index is 12.9. The summed E-state index contributed by atoms with van der Waals surface area (Å²) < 4.78 is 17.9. The van der Waals surface area contributed by atoms with Gasteiger partial charge in [0, 0.05) is 5.56 Å². The van der Waals surface area contributed by atoms with Crippen molar-refractivity contribution in [2.24, 2.45) is 0 Å². The maximum Gasteiger partial charge on any atom is 0.130 e. The first kappa shape index (κ1) is 10.7. The van der Waals surface area contributed by atoms with Crippen molar-refractivity contribution in [1.29, 1.82) is 10.5 Å². The summed E-state index contributed by atoms with van der Waals surface area (Å²) in [5.41, 5.74) is 0.273. The van der Waals surface area contributed by atoms with Crippen LogP contribution < -0.4 is 4.74 Å². The number of methoxy groups -OCH3 is 1. The minimum absolute atomic E-state index is 0.0982. The van der Waals surface area contributed by atoms with Crippen molar-refractivity contribution < 1.29 is 9.13 Å². The third kappa shape index (κ3) is 2.55. The Morgan fingerprint density at radius 1 is 1.40 bits per heavy atom.